The zero-order chi connectivity index (χ0) is 15.4. The van der Waals surface area contributed by atoms with Gasteiger partial charge in [0.15, 0.2) is 5.82 Å². The van der Waals surface area contributed by atoms with E-state index in [0.29, 0.717) is 11.7 Å². The highest BCUT2D eigenvalue weighted by molar-refractivity contribution is 9.08. The van der Waals surface area contributed by atoms with Crippen LogP contribution in [0.3, 0.4) is 0 Å². The number of hydrogen-bond acceptors (Lipinski definition) is 3. The van der Waals surface area contributed by atoms with Crippen molar-refractivity contribution in [1.29, 1.82) is 0 Å². The minimum atomic E-state index is 0.563. The van der Waals surface area contributed by atoms with Crippen molar-refractivity contribution in [2.45, 2.75) is 5.33 Å². The van der Waals surface area contributed by atoms with E-state index in [1.165, 1.54) is 5.56 Å². The highest BCUT2D eigenvalue weighted by Crippen LogP contribution is 2.25. The molecule has 0 amide bonds. The van der Waals surface area contributed by atoms with Gasteiger partial charge in [-0.15, -0.1) is 0 Å². The molecule has 22 heavy (non-hydrogen) atoms. The molecule has 0 bridgehead atoms. The summed E-state index contributed by atoms with van der Waals surface area (Å²) in [5.41, 5.74) is 4.09. The molecular weight excluding hydrogens is 340 g/mol. The van der Waals surface area contributed by atoms with Crippen molar-refractivity contribution in [3.8, 4) is 28.5 Å². The molecule has 0 fully saturated rings. The predicted octanol–water partition coefficient (Wildman–Crippen LogP) is 4.71. The smallest absolute Gasteiger partial charge is 0.217 e. The summed E-state index contributed by atoms with van der Waals surface area (Å²) in [6.45, 7) is 0. The normalized spacial score (nSPS) is 10.5. The van der Waals surface area contributed by atoms with Crippen LogP contribution in [0, 0.1) is 0 Å². The second kappa shape index (κ2) is 6.71. The number of rotatable bonds is 4. The highest BCUT2D eigenvalue weighted by Gasteiger charge is 2.09. The third-order valence-electron chi connectivity index (χ3n) is 3.35. The average Bonchev–Trinajstić information content (AvgIpc) is 2.62. The molecule has 0 unspecified atom stereocenters. The predicted molar refractivity (Wildman–Crippen MR) is 92.1 cm³/mol. The minimum absolute atomic E-state index is 0.563. The molecule has 110 valence electrons. The molecule has 0 radical (unpaired) electrons. The summed E-state index contributed by atoms with van der Waals surface area (Å²) in [6, 6.07) is 20.1. The molecular formula is C18H15BrN2O. The van der Waals surface area contributed by atoms with E-state index in [0.717, 1.165) is 22.2 Å². The summed E-state index contributed by atoms with van der Waals surface area (Å²) >= 11 is 3.45. The molecule has 2 aromatic carbocycles. The van der Waals surface area contributed by atoms with Crippen molar-refractivity contribution in [2.24, 2.45) is 0 Å². The molecule has 0 aliphatic heterocycles. The van der Waals surface area contributed by atoms with Gasteiger partial charge in [0.1, 0.15) is 0 Å². The Kier molecular flexibility index (Phi) is 4.49. The second-order valence-corrected chi connectivity index (χ2v) is 5.38. The minimum Gasteiger partial charge on any atom is -0.481 e. The van der Waals surface area contributed by atoms with Crippen molar-refractivity contribution >= 4 is 15.9 Å². The molecule has 0 atom stereocenters. The molecule has 3 aromatic rings. The third kappa shape index (κ3) is 3.17. The van der Waals surface area contributed by atoms with Crippen LogP contribution in [-0.2, 0) is 5.33 Å². The molecule has 0 spiro atoms. The van der Waals surface area contributed by atoms with Gasteiger partial charge in [-0.1, -0.05) is 70.5 Å². The lowest BCUT2D eigenvalue weighted by Crippen LogP contribution is -1.96. The van der Waals surface area contributed by atoms with Crippen LogP contribution < -0.4 is 4.74 Å². The van der Waals surface area contributed by atoms with Crippen LogP contribution in [-0.4, -0.2) is 17.1 Å². The third-order valence-corrected chi connectivity index (χ3v) is 4.00. The molecule has 4 heteroatoms. The molecule has 0 saturated carbocycles. The van der Waals surface area contributed by atoms with E-state index in [4.69, 9.17) is 4.74 Å². The number of ether oxygens (including phenoxy) is 1. The van der Waals surface area contributed by atoms with Gasteiger partial charge in [-0.05, 0) is 5.56 Å². The SMILES string of the molecule is COc1cc(-c2ccccc2)nc(-c2ccc(CBr)cc2)n1. The van der Waals surface area contributed by atoms with Crippen molar-refractivity contribution in [2.75, 3.05) is 7.11 Å². The Labute approximate surface area is 138 Å². The molecule has 0 saturated heterocycles. The summed E-state index contributed by atoms with van der Waals surface area (Å²) < 4.78 is 5.32. The summed E-state index contributed by atoms with van der Waals surface area (Å²) in [7, 11) is 1.62. The summed E-state index contributed by atoms with van der Waals surface area (Å²) in [5.74, 6) is 1.23. The first-order valence-corrected chi connectivity index (χ1v) is 8.06. The maximum absolute atomic E-state index is 5.32. The first-order chi connectivity index (χ1) is 10.8. The molecule has 0 N–H and O–H groups in total. The molecule has 3 rings (SSSR count). The fraction of sp³-hybridized carbons (Fsp3) is 0.111. The standard InChI is InChI=1S/C18H15BrN2O/c1-22-17-11-16(14-5-3-2-4-6-14)20-18(21-17)15-9-7-13(12-19)8-10-15/h2-11H,12H2,1H3. The molecule has 0 aliphatic carbocycles. The number of alkyl halides is 1. The number of methoxy groups -OCH3 is 1. The Morgan fingerprint density at radius 2 is 1.64 bits per heavy atom. The topological polar surface area (TPSA) is 35.0 Å². The number of aromatic nitrogens is 2. The van der Waals surface area contributed by atoms with E-state index >= 15 is 0 Å². The Morgan fingerprint density at radius 1 is 0.909 bits per heavy atom. The van der Waals surface area contributed by atoms with Crippen LogP contribution >= 0.6 is 15.9 Å². The van der Waals surface area contributed by atoms with Gasteiger partial charge in [0.2, 0.25) is 5.88 Å². The van der Waals surface area contributed by atoms with Crippen molar-refractivity contribution < 1.29 is 4.74 Å². The molecule has 3 nitrogen and oxygen atoms in total. The van der Waals surface area contributed by atoms with Crippen LogP contribution in [0.25, 0.3) is 22.6 Å². The lowest BCUT2D eigenvalue weighted by Gasteiger charge is -2.08. The van der Waals surface area contributed by atoms with Gasteiger partial charge in [-0.25, -0.2) is 4.98 Å². The Morgan fingerprint density at radius 3 is 2.27 bits per heavy atom. The summed E-state index contributed by atoms with van der Waals surface area (Å²) in [5, 5.41) is 0.835. The van der Waals surface area contributed by atoms with Gasteiger partial charge < -0.3 is 4.74 Å². The zero-order valence-corrected chi connectivity index (χ0v) is 13.7. The van der Waals surface area contributed by atoms with E-state index in [1.807, 2.05) is 48.5 Å². The number of hydrogen-bond donors (Lipinski definition) is 0. The van der Waals surface area contributed by atoms with Crippen LogP contribution in [0.2, 0.25) is 0 Å². The van der Waals surface area contributed by atoms with Gasteiger partial charge >= 0.3 is 0 Å². The van der Waals surface area contributed by atoms with Crippen LogP contribution in [0.1, 0.15) is 5.56 Å². The van der Waals surface area contributed by atoms with E-state index in [2.05, 4.69) is 38.0 Å². The molecule has 0 aliphatic rings. The first-order valence-electron chi connectivity index (χ1n) is 6.94. The fourth-order valence-electron chi connectivity index (χ4n) is 2.16. The van der Waals surface area contributed by atoms with Gasteiger partial charge in [-0.2, -0.15) is 4.98 Å². The maximum Gasteiger partial charge on any atom is 0.217 e. The zero-order valence-electron chi connectivity index (χ0n) is 12.2. The second-order valence-electron chi connectivity index (χ2n) is 4.82. The Balaban J connectivity index is 2.07. The fourth-order valence-corrected chi connectivity index (χ4v) is 2.53. The van der Waals surface area contributed by atoms with E-state index < -0.39 is 0 Å². The van der Waals surface area contributed by atoms with Gasteiger partial charge in [0, 0.05) is 22.5 Å². The quantitative estimate of drug-likeness (QED) is 0.636. The monoisotopic (exact) mass is 354 g/mol. The van der Waals surface area contributed by atoms with Crippen LogP contribution in [0.5, 0.6) is 5.88 Å². The molecule has 1 aromatic heterocycles. The largest absolute Gasteiger partial charge is 0.481 e. The summed E-state index contributed by atoms with van der Waals surface area (Å²) in [4.78, 5) is 9.13. The van der Waals surface area contributed by atoms with Crippen molar-refractivity contribution in [3.05, 3.63) is 66.2 Å². The van der Waals surface area contributed by atoms with Gasteiger partial charge in [0.25, 0.3) is 0 Å². The van der Waals surface area contributed by atoms with Crippen molar-refractivity contribution in [1.82, 2.24) is 9.97 Å². The lowest BCUT2D eigenvalue weighted by molar-refractivity contribution is 0.398. The van der Waals surface area contributed by atoms with E-state index in [1.54, 1.807) is 7.11 Å². The number of benzene rings is 2. The summed E-state index contributed by atoms with van der Waals surface area (Å²) in [6.07, 6.45) is 0. The van der Waals surface area contributed by atoms with Crippen LogP contribution in [0.15, 0.2) is 60.7 Å². The average molecular weight is 355 g/mol. The van der Waals surface area contributed by atoms with E-state index in [-0.39, 0.29) is 0 Å². The Hall–Kier alpha value is -2.20. The van der Waals surface area contributed by atoms with Crippen LogP contribution in [0.4, 0.5) is 0 Å². The maximum atomic E-state index is 5.32. The van der Waals surface area contributed by atoms with Gasteiger partial charge in [-0.3, -0.25) is 0 Å². The molecule has 1 heterocycles. The Bertz CT molecular complexity index is 758. The number of nitrogens with zero attached hydrogens (tertiary/aromatic N) is 2. The van der Waals surface area contributed by atoms with Gasteiger partial charge in [0.05, 0.1) is 12.8 Å². The number of halogens is 1. The van der Waals surface area contributed by atoms with E-state index in [9.17, 15) is 0 Å². The lowest BCUT2D eigenvalue weighted by atomic mass is 10.1. The highest BCUT2D eigenvalue weighted by atomic mass is 79.9. The van der Waals surface area contributed by atoms with Crippen molar-refractivity contribution in [3.63, 3.8) is 0 Å². The first kappa shape index (κ1) is 14.7.